The second-order valence-electron chi connectivity index (χ2n) is 8.45. The maximum atomic E-state index is 13.4. The van der Waals surface area contributed by atoms with E-state index in [0.717, 1.165) is 37.7 Å². The average molecular weight is 414 g/mol. The fraction of sp³-hybridized carbons (Fsp3) is 0.696. The van der Waals surface area contributed by atoms with Gasteiger partial charge in [0.1, 0.15) is 0 Å². The van der Waals surface area contributed by atoms with E-state index in [-0.39, 0.29) is 5.92 Å². The highest BCUT2D eigenvalue weighted by atomic mass is 19.4. The van der Waals surface area contributed by atoms with E-state index in [1.807, 2.05) is 4.90 Å². The number of halogens is 3. The normalized spacial score (nSPS) is 17.9. The van der Waals surface area contributed by atoms with Crippen molar-refractivity contribution >= 4 is 11.7 Å². The molecule has 6 heteroatoms. The summed E-state index contributed by atoms with van der Waals surface area (Å²) in [5.74, 6) is -0.397. The zero-order valence-electron chi connectivity index (χ0n) is 17.8. The highest BCUT2D eigenvalue weighted by Gasteiger charge is 2.33. The van der Waals surface area contributed by atoms with Crippen molar-refractivity contribution < 1.29 is 23.1 Å². The molecule has 1 heterocycles. The molecule has 164 valence electrons. The standard InChI is InChI=1S/C23H34F3NO2/c1-4-6-17(8-7-16(3)5-2)20-10-9-19(23(24,25)26)15-21(20)27-13-11-18(12-14-27)22(28)29/h9-10,15-18H,4-8,11-14H2,1-3H3,(H,28,29). The number of rotatable bonds is 9. The fourth-order valence-corrected chi connectivity index (χ4v) is 4.20. The Morgan fingerprint density at radius 3 is 2.34 bits per heavy atom. The lowest BCUT2D eigenvalue weighted by Gasteiger charge is -2.35. The Morgan fingerprint density at radius 2 is 1.83 bits per heavy atom. The summed E-state index contributed by atoms with van der Waals surface area (Å²) in [7, 11) is 0. The first-order valence-corrected chi connectivity index (χ1v) is 10.9. The van der Waals surface area contributed by atoms with Gasteiger partial charge in [-0.3, -0.25) is 4.79 Å². The quantitative estimate of drug-likeness (QED) is 0.489. The molecule has 29 heavy (non-hydrogen) atoms. The third kappa shape index (κ3) is 6.38. The lowest BCUT2D eigenvalue weighted by atomic mass is 9.85. The summed E-state index contributed by atoms with van der Waals surface area (Å²) in [5.41, 5.74) is 0.997. The van der Waals surface area contributed by atoms with Crippen molar-refractivity contribution in [3.63, 3.8) is 0 Å². The molecule has 0 aromatic heterocycles. The molecule has 2 rings (SSSR count). The molecular weight excluding hydrogens is 379 g/mol. The molecule has 0 aliphatic carbocycles. The van der Waals surface area contributed by atoms with E-state index in [4.69, 9.17) is 0 Å². The predicted molar refractivity (Wildman–Crippen MR) is 110 cm³/mol. The van der Waals surface area contributed by atoms with E-state index in [2.05, 4.69) is 20.8 Å². The van der Waals surface area contributed by atoms with Crippen LogP contribution in [0, 0.1) is 11.8 Å². The van der Waals surface area contributed by atoms with Gasteiger partial charge in [-0.1, -0.05) is 46.1 Å². The number of hydrogen-bond donors (Lipinski definition) is 1. The van der Waals surface area contributed by atoms with Gasteiger partial charge >= 0.3 is 12.1 Å². The molecule has 3 nitrogen and oxygen atoms in total. The number of carboxylic acids is 1. The van der Waals surface area contributed by atoms with Crippen LogP contribution in [0.15, 0.2) is 18.2 Å². The van der Waals surface area contributed by atoms with Crippen LogP contribution in [0.2, 0.25) is 0 Å². The first-order chi connectivity index (χ1) is 13.7. The lowest BCUT2D eigenvalue weighted by Crippen LogP contribution is -2.37. The van der Waals surface area contributed by atoms with Gasteiger partial charge < -0.3 is 10.0 Å². The number of piperidine rings is 1. The fourth-order valence-electron chi connectivity index (χ4n) is 4.20. The van der Waals surface area contributed by atoms with Gasteiger partial charge in [0, 0.05) is 18.8 Å². The minimum atomic E-state index is -4.39. The van der Waals surface area contributed by atoms with Crippen LogP contribution in [-0.2, 0) is 11.0 Å². The van der Waals surface area contributed by atoms with Crippen LogP contribution in [0.5, 0.6) is 0 Å². The third-order valence-electron chi connectivity index (χ3n) is 6.32. The summed E-state index contributed by atoms with van der Waals surface area (Å²) in [6.07, 6.45) is 1.60. The molecule has 0 radical (unpaired) electrons. The first kappa shape index (κ1) is 23.6. The maximum absolute atomic E-state index is 13.4. The molecule has 1 aliphatic rings. The zero-order valence-corrected chi connectivity index (χ0v) is 17.8. The Labute approximate surface area is 172 Å². The highest BCUT2D eigenvalue weighted by Crippen LogP contribution is 2.40. The highest BCUT2D eigenvalue weighted by molar-refractivity contribution is 5.70. The van der Waals surface area contributed by atoms with E-state index >= 15 is 0 Å². The third-order valence-corrected chi connectivity index (χ3v) is 6.32. The van der Waals surface area contributed by atoms with Gasteiger partial charge in [-0.2, -0.15) is 13.2 Å². The van der Waals surface area contributed by atoms with Crippen molar-refractivity contribution in [2.45, 2.75) is 77.8 Å². The monoisotopic (exact) mass is 413 g/mol. The number of aliphatic carboxylic acids is 1. The molecular formula is C23H34F3NO2. The molecule has 1 N–H and O–H groups in total. The summed E-state index contributed by atoms with van der Waals surface area (Å²) in [4.78, 5) is 13.2. The van der Waals surface area contributed by atoms with Crippen molar-refractivity contribution in [1.82, 2.24) is 0 Å². The predicted octanol–water partition coefficient (Wildman–Crippen LogP) is 6.72. The van der Waals surface area contributed by atoms with E-state index in [1.54, 1.807) is 6.07 Å². The molecule has 2 unspecified atom stereocenters. The number of benzene rings is 1. The van der Waals surface area contributed by atoms with Crippen molar-refractivity contribution in [3.8, 4) is 0 Å². The number of nitrogens with zero attached hydrogens (tertiary/aromatic N) is 1. The molecule has 0 amide bonds. The molecule has 0 spiro atoms. The van der Waals surface area contributed by atoms with Gasteiger partial charge in [-0.15, -0.1) is 0 Å². The van der Waals surface area contributed by atoms with Crippen molar-refractivity contribution in [1.29, 1.82) is 0 Å². The van der Waals surface area contributed by atoms with Crippen molar-refractivity contribution in [3.05, 3.63) is 29.3 Å². The van der Waals surface area contributed by atoms with Gasteiger partial charge in [0.05, 0.1) is 11.5 Å². The van der Waals surface area contributed by atoms with Gasteiger partial charge in [0.2, 0.25) is 0 Å². The number of hydrogen-bond acceptors (Lipinski definition) is 2. The van der Waals surface area contributed by atoms with Crippen LogP contribution in [-0.4, -0.2) is 24.2 Å². The van der Waals surface area contributed by atoms with E-state index in [0.29, 0.717) is 37.5 Å². The second kappa shape index (κ2) is 10.4. The summed E-state index contributed by atoms with van der Waals surface area (Å²) >= 11 is 0. The van der Waals surface area contributed by atoms with Crippen LogP contribution in [0.1, 0.15) is 82.8 Å². The second-order valence-corrected chi connectivity index (χ2v) is 8.45. The average Bonchev–Trinajstić information content (AvgIpc) is 2.69. The largest absolute Gasteiger partial charge is 0.481 e. The molecule has 1 aromatic rings. The van der Waals surface area contributed by atoms with Crippen LogP contribution in [0.4, 0.5) is 18.9 Å². The van der Waals surface area contributed by atoms with Crippen molar-refractivity contribution in [2.75, 3.05) is 18.0 Å². The molecule has 2 atom stereocenters. The van der Waals surface area contributed by atoms with Gasteiger partial charge in [-0.25, -0.2) is 0 Å². The molecule has 1 aromatic carbocycles. The SMILES string of the molecule is CCCC(CCC(C)CC)c1ccc(C(F)(F)F)cc1N1CCC(C(=O)O)CC1. The van der Waals surface area contributed by atoms with Crippen molar-refractivity contribution in [2.24, 2.45) is 11.8 Å². The lowest BCUT2D eigenvalue weighted by molar-refractivity contribution is -0.142. The van der Waals surface area contributed by atoms with Crippen LogP contribution >= 0.6 is 0 Å². The molecule has 0 saturated carbocycles. The Kier molecular flexibility index (Phi) is 8.41. The van der Waals surface area contributed by atoms with Gasteiger partial charge in [0.25, 0.3) is 0 Å². The molecule has 0 bridgehead atoms. The number of alkyl halides is 3. The maximum Gasteiger partial charge on any atom is 0.416 e. The van der Waals surface area contributed by atoms with Crippen LogP contribution in [0.3, 0.4) is 0 Å². The van der Waals surface area contributed by atoms with Gasteiger partial charge in [0.15, 0.2) is 0 Å². The summed E-state index contributed by atoms with van der Waals surface area (Å²) < 4.78 is 40.2. The topological polar surface area (TPSA) is 40.5 Å². The summed E-state index contributed by atoms with van der Waals surface area (Å²) in [6, 6.07) is 4.15. The Morgan fingerprint density at radius 1 is 1.17 bits per heavy atom. The minimum Gasteiger partial charge on any atom is -0.481 e. The summed E-state index contributed by atoms with van der Waals surface area (Å²) in [5, 5.41) is 9.24. The van der Waals surface area contributed by atoms with Crippen LogP contribution < -0.4 is 4.90 Å². The Bertz CT molecular complexity index is 667. The molecule has 1 fully saturated rings. The molecule has 1 aliphatic heterocycles. The zero-order chi connectivity index (χ0) is 21.6. The minimum absolute atomic E-state index is 0.225. The number of carbonyl (C=O) groups is 1. The number of anilines is 1. The van der Waals surface area contributed by atoms with Crippen LogP contribution in [0.25, 0.3) is 0 Å². The molecule has 1 saturated heterocycles. The van der Waals surface area contributed by atoms with E-state index in [9.17, 15) is 23.1 Å². The van der Waals surface area contributed by atoms with E-state index in [1.165, 1.54) is 12.1 Å². The number of carboxylic acid groups (broad SMARTS) is 1. The smallest absolute Gasteiger partial charge is 0.416 e. The summed E-state index contributed by atoms with van der Waals surface area (Å²) in [6.45, 7) is 7.45. The van der Waals surface area contributed by atoms with Gasteiger partial charge in [-0.05, 0) is 55.2 Å². The first-order valence-electron chi connectivity index (χ1n) is 10.9. The van der Waals surface area contributed by atoms with E-state index < -0.39 is 23.6 Å². The Balaban J connectivity index is 2.35. The Hall–Kier alpha value is -1.72.